The third kappa shape index (κ3) is 2.86. The van der Waals surface area contributed by atoms with Gasteiger partial charge in [0.05, 0.1) is 6.10 Å². The minimum Gasteiger partial charge on any atom is -0.393 e. The second-order valence-electron chi connectivity index (χ2n) is 12.2. The lowest BCUT2D eigenvalue weighted by Crippen LogP contribution is -2.62. The van der Waals surface area contributed by atoms with Crippen LogP contribution in [0.2, 0.25) is 0 Å². The molecular weight excluding hydrogens is 404 g/mol. The van der Waals surface area contributed by atoms with Crippen LogP contribution in [-0.2, 0) is 9.59 Å². The monoisotopic (exact) mass is 444 g/mol. The number of aliphatic hydroxyl groups is 3. The van der Waals surface area contributed by atoms with Crippen LogP contribution in [0.5, 0.6) is 0 Å². The van der Waals surface area contributed by atoms with Gasteiger partial charge in [-0.3, -0.25) is 9.59 Å². The van der Waals surface area contributed by atoms with Crippen molar-refractivity contribution in [3.8, 4) is 0 Å². The summed E-state index contributed by atoms with van der Waals surface area (Å²) >= 11 is 0. The van der Waals surface area contributed by atoms with Crippen molar-refractivity contribution in [3.05, 3.63) is 22.8 Å². The Bertz CT molecular complexity index is 907. The largest absolute Gasteiger partial charge is 0.393 e. The summed E-state index contributed by atoms with van der Waals surface area (Å²) in [6.07, 6.45) is 4.95. The molecule has 4 rings (SSSR count). The van der Waals surface area contributed by atoms with E-state index in [1.54, 1.807) is 0 Å². The highest BCUT2D eigenvalue weighted by molar-refractivity contribution is 6.07. The molecule has 7 atom stereocenters. The van der Waals surface area contributed by atoms with Crippen LogP contribution in [0.3, 0.4) is 0 Å². The highest BCUT2D eigenvalue weighted by Crippen LogP contribution is 2.69. The number of fused-ring (bicyclic) bond motifs is 5. The zero-order valence-electron chi connectivity index (χ0n) is 20.5. The topological polar surface area (TPSA) is 94.8 Å². The molecule has 3 fully saturated rings. The van der Waals surface area contributed by atoms with E-state index in [9.17, 15) is 24.9 Å². The van der Waals surface area contributed by atoms with Gasteiger partial charge < -0.3 is 15.3 Å². The lowest BCUT2D eigenvalue weighted by molar-refractivity contribution is -0.179. The van der Waals surface area contributed by atoms with E-state index in [0.29, 0.717) is 12.8 Å². The van der Waals surface area contributed by atoms with Crippen LogP contribution in [0.25, 0.3) is 0 Å². The molecule has 0 spiro atoms. The number of carbonyl (C=O) groups is 2. The molecule has 0 unspecified atom stereocenters. The average molecular weight is 445 g/mol. The van der Waals surface area contributed by atoms with E-state index in [1.807, 2.05) is 13.0 Å². The third-order valence-electron chi connectivity index (χ3n) is 9.88. The van der Waals surface area contributed by atoms with Crippen molar-refractivity contribution in [3.63, 3.8) is 0 Å². The van der Waals surface area contributed by atoms with Crippen molar-refractivity contribution in [1.29, 1.82) is 0 Å². The highest BCUT2D eigenvalue weighted by Gasteiger charge is 2.68. The van der Waals surface area contributed by atoms with Gasteiger partial charge in [-0.1, -0.05) is 52.7 Å². The van der Waals surface area contributed by atoms with Gasteiger partial charge in [-0.2, -0.15) is 0 Å². The van der Waals surface area contributed by atoms with Crippen LogP contribution >= 0.6 is 0 Å². The number of carbonyl (C=O) groups excluding carboxylic acids is 2. The number of ketones is 2. The Hall–Kier alpha value is -1.30. The lowest BCUT2D eigenvalue weighted by Gasteiger charge is -2.61. The van der Waals surface area contributed by atoms with Gasteiger partial charge in [0.1, 0.15) is 12.2 Å². The molecule has 178 valence electrons. The summed E-state index contributed by atoms with van der Waals surface area (Å²) in [4.78, 5) is 25.8. The van der Waals surface area contributed by atoms with Crippen LogP contribution < -0.4 is 0 Å². The summed E-state index contributed by atoms with van der Waals surface area (Å²) in [5.74, 6) is -0.207. The summed E-state index contributed by atoms with van der Waals surface area (Å²) < 4.78 is 0. The molecule has 3 N–H and O–H groups in total. The molecule has 0 radical (unpaired) electrons. The zero-order chi connectivity index (χ0) is 23.9. The van der Waals surface area contributed by atoms with Crippen LogP contribution in [0.4, 0.5) is 0 Å². The van der Waals surface area contributed by atoms with Crippen LogP contribution in [0.15, 0.2) is 22.8 Å². The quantitative estimate of drug-likeness (QED) is 0.616. The number of allylic oxidation sites excluding steroid dienone is 4. The van der Waals surface area contributed by atoms with Crippen molar-refractivity contribution >= 4 is 11.6 Å². The van der Waals surface area contributed by atoms with Crippen molar-refractivity contribution in [2.45, 2.75) is 91.8 Å². The minimum absolute atomic E-state index is 0.0486. The predicted octanol–water partition coefficient (Wildman–Crippen LogP) is 3.75. The third-order valence-corrected chi connectivity index (χ3v) is 9.88. The van der Waals surface area contributed by atoms with E-state index in [0.717, 1.165) is 42.4 Å². The van der Waals surface area contributed by atoms with E-state index in [2.05, 4.69) is 34.6 Å². The Morgan fingerprint density at radius 2 is 1.88 bits per heavy atom. The molecule has 0 saturated heterocycles. The summed E-state index contributed by atoms with van der Waals surface area (Å²) in [7, 11) is 0. The van der Waals surface area contributed by atoms with Gasteiger partial charge >= 0.3 is 0 Å². The van der Waals surface area contributed by atoms with Crippen molar-refractivity contribution < 1.29 is 24.9 Å². The fraction of sp³-hybridized carbons (Fsp3) is 0.778. The van der Waals surface area contributed by atoms with E-state index in [-0.39, 0.29) is 29.0 Å². The molecule has 0 aromatic carbocycles. The molecule has 0 aromatic rings. The standard InChI is InChI=1S/C27H40O5/c1-7-17-23(24(2,3)4)19(29)12-15-8-9-16-18-10-11-27(32,21(31)14-28)25(18,5)13-20(30)22(16)26(15,17)6/h12,16,18,20,22,28,30,32H,7-11,13-14H2,1-6H3/t16-,18-,20-,22+,25-,26+,27-/m0/s1. The molecule has 0 aromatic heterocycles. The Kier molecular flexibility index (Phi) is 5.48. The first-order valence-electron chi connectivity index (χ1n) is 12.3. The van der Waals surface area contributed by atoms with Gasteiger partial charge in [0.15, 0.2) is 11.6 Å². The summed E-state index contributed by atoms with van der Waals surface area (Å²) in [6.45, 7) is 11.9. The molecule has 4 aliphatic carbocycles. The molecule has 3 saturated carbocycles. The first kappa shape index (κ1) is 23.8. The second-order valence-corrected chi connectivity index (χ2v) is 12.2. The zero-order valence-corrected chi connectivity index (χ0v) is 20.5. The van der Waals surface area contributed by atoms with Crippen molar-refractivity contribution in [1.82, 2.24) is 0 Å². The Balaban J connectivity index is 1.85. The number of hydrogen-bond donors (Lipinski definition) is 3. The lowest BCUT2D eigenvalue weighted by atomic mass is 9.44. The molecular formula is C27H40O5. The van der Waals surface area contributed by atoms with Gasteiger partial charge in [0.25, 0.3) is 0 Å². The number of hydrogen-bond acceptors (Lipinski definition) is 5. The Morgan fingerprint density at radius 3 is 2.44 bits per heavy atom. The van der Waals surface area contributed by atoms with Crippen LogP contribution in [0, 0.1) is 34.0 Å². The minimum atomic E-state index is -1.59. The fourth-order valence-electron chi connectivity index (χ4n) is 8.58. The van der Waals surface area contributed by atoms with Crippen LogP contribution in [0.1, 0.15) is 80.1 Å². The van der Waals surface area contributed by atoms with Crippen molar-refractivity contribution in [2.75, 3.05) is 6.61 Å². The summed E-state index contributed by atoms with van der Waals surface area (Å²) in [6, 6.07) is 0. The van der Waals surface area contributed by atoms with Gasteiger partial charge in [-0.15, -0.1) is 0 Å². The Labute approximate surface area is 192 Å². The van der Waals surface area contributed by atoms with Crippen LogP contribution in [-0.4, -0.2) is 45.2 Å². The molecule has 4 aliphatic rings. The molecule has 0 heterocycles. The maximum atomic E-state index is 13.2. The number of aliphatic hydroxyl groups excluding tert-OH is 2. The maximum absolute atomic E-state index is 13.2. The summed E-state index contributed by atoms with van der Waals surface area (Å²) in [5, 5.41) is 32.6. The van der Waals surface area contributed by atoms with Gasteiger partial charge in [-0.05, 0) is 61.9 Å². The smallest absolute Gasteiger partial charge is 0.190 e. The van der Waals surface area contributed by atoms with E-state index < -0.39 is 34.9 Å². The molecule has 0 aliphatic heterocycles. The van der Waals surface area contributed by atoms with E-state index >= 15 is 0 Å². The predicted molar refractivity (Wildman–Crippen MR) is 123 cm³/mol. The second kappa shape index (κ2) is 7.35. The van der Waals surface area contributed by atoms with E-state index in [4.69, 9.17) is 0 Å². The van der Waals surface area contributed by atoms with E-state index in [1.165, 1.54) is 0 Å². The molecule has 32 heavy (non-hydrogen) atoms. The Morgan fingerprint density at radius 1 is 1.22 bits per heavy atom. The van der Waals surface area contributed by atoms with Crippen molar-refractivity contribution in [2.24, 2.45) is 34.0 Å². The first-order valence-corrected chi connectivity index (χ1v) is 12.3. The number of rotatable bonds is 3. The average Bonchev–Trinajstić information content (AvgIpc) is 2.97. The normalized spacial score (nSPS) is 44.0. The van der Waals surface area contributed by atoms with Gasteiger partial charge in [-0.25, -0.2) is 0 Å². The van der Waals surface area contributed by atoms with Gasteiger partial charge in [0.2, 0.25) is 0 Å². The first-order chi connectivity index (χ1) is 14.8. The number of Topliss-reactive ketones (excluding diaryl/α,β-unsaturated/α-hetero) is 1. The molecule has 0 bridgehead atoms. The SMILES string of the molecule is CCC1=C(C(C)(C)C)C(=O)C=C2CC[C@@H]3[C@H]([C@@H](O)C[C@@]4(C)[C@H]3CC[C@]4(O)C(=O)CO)[C@]21C. The summed E-state index contributed by atoms with van der Waals surface area (Å²) in [5.41, 5.74) is 0.161. The molecule has 5 heteroatoms. The fourth-order valence-corrected chi connectivity index (χ4v) is 8.58. The highest BCUT2D eigenvalue weighted by atomic mass is 16.3. The molecule has 0 amide bonds. The maximum Gasteiger partial charge on any atom is 0.190 e. The van der Waals surface area contributed by atoms with Gasteiger partial charge in [0, 0.05) is 22.3 Å². The molecule has 5 nitrogen and oxygen atoms in total.